The summed E-state index contributed by atoms with van der Waals surface area (Å²) in [6.45, 7) is 6.04. The minimum absolute atomic E-state index is 0.0705. The lowest BCUT2D eigenvalue weighted by molar-refractivity contribution is -0.128. The van der Waals surface area contributed by atoms with Crippen molar-refractivity contribution in [1.29, 1.82) is 0 Å². The van der Waals surface area contributed by atoms with Gasteiger partial charge in [-0.15, -0.1) is 0 Å². The Morgan fingerprint density at radius 3 is 1.82 bits per heavy atom. The molecule has 0 spiro atoms. The van der Waals surface area contributed by atoms with E-state index in [9.17, 15) is 27.2 Å². The highest BCUT2D eigenvalue weighted by molar-refractivity contribution is 5.98. The van der Waals surface area contributed by atoms with Gasteiger partial charge in [-0.05, 0) is 56.2 Å². The number of rotatable bonds is 5. The van der Waals surface area contributed by atoms with Crippen molar-refractivity contribution >= 4 is 34.6 Å². The van der Waals surface area contributed by atoms with Crippen molar-refractivity contribution in [2.75, 3.05) is 6.54 Å². The lowest BCUT2D eigenvalue weighted by atomic mass is 10.0. The molecule has 1 N–H and O–H groups in total. The first kappa shape index (κ1) is 30.5. The molecule has 12 heteroatoms. The van der Waals surface area contributed by atoms with Crippen molar-refractivity contribution in [3.8, 4) is 0 Å². The summed E-state index contributed by atoms with van der Waals surface area (Å²) >= 11 is 0. The number of nitrogens with one attached hydrogen (secondary N) is 1. The Hall–Kier alpha value is -5.00. The molecule has 0 saturated carbocycles. The third kappa shape index (κ3) is 6.34. The predicted octanol–water partition coefficient (Wildman–Crippen LogP) is 6.14. The molecule has 2 aliphatic rings. The average molecular weight is 607 g/mol. The highest BCUT2D eigenvalue weighted by atomic mass is 19.1. The summed E-state index contributed by atoms with van der Waals surface area (Å²) in [4.78, 5) is 25.4. The van der Waals surface area contributed by atoms with Crippen LogP contribution in [0, 0.1) is 37.1 Å². The summed E-state index contributed by atoms with van der Waals surface area (Å²) in [5.41, 5.74) is 4.53. The normalized spacial score (nSPS) is 15.4. The molecule has 2 aliphatic heterocycles. The van der Waals surface area contributed by atoms with E-state index in [1.807, 2.05) is 27.0 Å². The molecule has 4 heterocycles. The van der Waals surface area contributed by atoms with E-state index < -0.39 is 23.3 Å². The number of aryl methyl sites for hydroxylation is 2. The van der Waals surface area contributed by atoms with E-state index in [1.165, 1.54) is 23.1 Å². The Morgan fingerprint density at radius 1 is 0.750 bits per heavy atom. The highest BCUT2D eigenvalue weighted by Gasteiger charge is 2.30. The summed E-state index contributed by atoms with van der Waals surface area (Å²) in [5.74, 6) is -2.97. The Balaban J connectivity index is 0.000000175. The maximum Gasteiger partial charge on any atom is 0.227 e. The molecular weight excluding hydrogens is 576 g/mol. The van der Waals surface area contributed by atoms with Gasteiger partial charge in [-0.25, -0.2) is 26.9 Å². The number of carbonyl (C=O) groups excluding carboxylic acids is 2. The largest absolute Gasteiger partial charge is 0.324 e. The zero-order chi connectivity index (χ0) is 31.5. The van der Waals surface area contributed by atoms with Crippen LogP contribution >= 0.6 is 0 Å². The van der Waals surface area contributed by atoms with Crippen molar-refractivity contribution in [3.63, 3.8) is 0 Å². The van der Waals surface area contributed by atoms with E-state index in [0.717, 1.165) is 35.0 Å². The molecule has 2 aromatic carbocycles. The molecule has 44 heavy (non-hydrogen) atoms. The molecular formula is C32H30F4N6O2. The molecule has 2 aromatic heterocycles. The lowest BCUT2D eigenvalue weighted by Crippen LogP contribution is -2.34. The molecule has 0 radical (unpaired) electrons. The molecule has 228 valence electrons. The lowest BCUT2D eigenvalue weighted by Gasteiger charge is -2.31. The van der Waals surface area contributed by atoms with Crippen molar-refractivity contribution in [1.82, 2.24) is 29.8 Å². The van der Waals surface area contributed by atoms with Crippen LogP contribution in [0.5, 0.6) is 0 Å². The van der Waals surface area contributed by atoms with Gasteiger partial charge in [0.25, 0.3) is 0 Å². The minimum atomic E-state index is -0.714. The van der Waals surface area contributed by atoms with Gasteiger partial charge in [0, 0.05) is 67.9 Å². The van der Waals surface area contributed by atoms with Crippen molar-refractivity contribution in [3.05, 3.63) is 107 Å². The molecule has 0 unspecified atom stereocenters. The Labute approximate surface area is 251 Å². The predicted molar refractivity (Wildman–Crippen MR) is 157 cm³/mol. The van der Waals surface area contributed by atoms with Crippen molar-refractivity contribution < 1.29 is 27.2 Å². The minimum Gasteiger partial charge on any atom is -0.324 e. The van der Waals surface area contributed by atoms with E-state index in [2.05, 4.69) is 15.5 Å². The number of hydrogen-bond acceptors (Lipinski definition) is 4. The van der Waals surface area contributed by atoms with Crippen LogP contribution in [0.2, 0.25) is 0 Å². The molecule has 0 aliphatic carbocycles. The van der Waals surface area contributed by atoms with Crippen molar-refractivity contribution in [2.24, 2.45) is 0 Å². The van der Waals surface area contributed by atoms with E-state index in [1.54, 1.807) is 28.0 Å². The summed E-state index contributed by atoms with van der Waals surface area (Å²) < 4.78 is 57.9. The Kier molecular flexibility index (Phi) is 8.79. The summed E-state index contributed by atoms with van der Waals surface area (Å²) in [6.07, 6.45) is 8.58. The zero-order valence-corrected chi connectivity index (χ0v) is 24.4. The van der Waals surface area contributed by atoms with Gasteiger partial charge in [-0.2, -0.15) is 10.2 Å². The van der Waals surface area contributed by atoms with E-state index in [-0.39, 0.29) is 22.9 Å². The smallest absolute Gasteiger partial charge is 0.227 e. The van der Waals surface area contributed by atoms with Crippen LogP contribution in [0.4, 0.5) is 17.6 Å². The van der Waals surface area contributed by atoms with Crippen LogP contribution in [0.3, 0.4) is 0 Å². The maximum atomic E-state index is 14.3. The number of benzene rings is 2. The molecule has 0 saturated heterocycles. The molecule has 0 bridgehead atoms. The quantitative estimate of drug-likeness (QED) is 0.277. The first-order valence-corrected chi connectivity index (χ1v) is 14.1. The number of carbonyl (C=O) groups is 2. The summed E-state index contributed by atoms with van der Waals surface area (Å²) in [6, 6.07) is 6.69. The number of allylic oxidation sites excluding steroid dienone is 2. The molecule has 0 fully saturated rings. The highest BCUT2D eigenvalue weighted by Crippen LogP contribution is 2.35. The fourth-order valence-electron chi connectivity index (χ4n) is 5.20. The van der Waals surface area contributed by atoms with E-state index in [0.29, 0.717) is 49.3 Å². The third-order valence-corrected chi connectivity index (χ3v) is 7.24. The number of aromatic nitrogens is 4. The second kappa shape index (κ2) is 12.7. The molecule has 2 amide bonds. The van der Waals surface area contributed by atoms with Gasteiger partial charge in [0.2, 0.25) is 11.8 Å². The van der Waals surface area contributed by atoms with Crippen LogP contribution in [0.1, 0.15) is 54.9 Å². The zero-order valence-electron chi connectivity index (χ0n) is 24.4. The first-order chi connectivity index (χ1) is 21.0. The fraction of sp³-hybridized carbons (Fsp3) is 0.250. The molecule has 0 atom stereocenters. The number of amides is 2. The second-order valence-corrected chi connectivity index (χ2v) is 10.5. The van der Waals surface area contributed by atoms with Crippen molar-refractivity contribution in [2.45, 2.75) is 46.5 Å². The standard InChI is InChI=1S/C17H17F2N3O.C15H13F2N3O/c1-3-21-16(23)7-6-15(22-10-11(2)9-20-22)17(21)13-5-4-12(18)8-14(13)19;1-9-7-18-20(8-9)13-4-5-14(21)19-15(13)11-3-2-10(16)6-12(11)17/h4-5,8-10H,3,6-7H2,1-2H3;2-3,6-8H,4-5H2,1H3,(H,19,21). The fourth-order valence-corrected chi connectivity index (χ4v) is 5.20. The molecule has 8 nitrogen and oxygen atoms in total. The van der Waals surface area contributed by atoms with Gasteiger partial charge in [-0.3, -0.25) is 9.59 Å². The number of halogens is 4. The topological polar surface area (TPSA) is 85.1 Å². The van der Waals surface area contributed by atoms with Gasteiger partial charge in [0.05, 0.1) is 35.2 Å². The SMILES string of the molecule is CCN1C(=O)CCC(n2cc(C)cn2)=C1c1ccc(F)cc1F.Cc1cnn(C2=C(c3ccc(F)cc3F)NC(=O)CC2)c1. The number of hydrogen-bond donors (Lipinski definition) is 1. The summed E-state index contributed by atoms with van der Waals surface area (Å²) in [5, 5.41) is 11.1. The second-order valence-electron chi connectivity index (χ2n) is 10.5. The van der Waals surface area contributed by atoms with Crippen LogP contribution in [0.15, 0.2) is 61.2 Å². The van der Waals surface area contributed by atoms with Crippen LogP contribution < -0.4 is 5.32 Å². The van der Waals surface area contributed by atoms with Gasteiger partial charge in [0.1, 0.15) is 23.3 Å². The average Bonchev–Trinajstić information content (AvgIpc) is 3.61. The maximum absolute atomic E-state index is 14.3. The number of nitrogens with zero attached hydrogens (tertiary/aromatic N) is 5. The summed E-state index contributed by atoms with van der Waals surface area (Å²) in [7, 11) is 0. The van der Waals surface area contributed by atoms with Gasteiger partial charge < -0.3 is 10.2 Å². The monoisotopic (exact) mass is 606 g/mol. The van der Waals surface area contributed by atoms with Crippen LogP contribution in [0.25, 0.3) is 22.8 Å². The van der Waals surface area contributed by atoms with Gasteiger partial charge in [-0.1, -0.05) is 0 Å². The Bertz CT molecular complexity index is 1810. The van der Waals surface area contributed by atoms with Crippen LogP contribution in [-0.4, -0.2) is 42.8 Å². The van der Waals surface area contributed by atoms with Crippen LogP contribution in [-0.2, 0) is 9.59 Å². The van der Waals surface area contributed by atoms with Gasteiger partial charge >= 0.3 is 0 Å². The van der Waals surface area contributed by atoms with E-state index >= 15 is 0 Å². The molecule has 4 aromatic rings. The Morgan fingerprint density at radius 2 is 1.30 bits per heavy atom. The van der Waals surface area contributed by atoms with Gasteiger partial charge in [0.15, 0.2) is 0 Å². The molecule has 6 rings (SSSR count). The first-order valence-electron chi connectivity index (χ1n) is 14.1. The third-order valence-electron chi connectivity index (χ3n) is 7.24. The van der Waals surface area contributed by atoms with E-state index in [4.69, 9.17) is 0 Å².